The molecule has 0 fully saturated rings. The Morgan fingerprint density at radius 2 is 1.81 bits per heavy atom. The number of rotatable bonds is 11. The van der Waals surface area contributed by atoms with Gasteiger partial charge in [-0.1, -0.05) is 59.6 Å². The SMILES string of the molecule is Cc1ccc(OCCCC(=O)N(Cc2cccc(Br)c2)[C@@H](C)C(=O)NCC(C)C)cc1. The fraction of sp³-hybridized carbons (Fsp3) is 0.440. The molecule has 0 aliphatic carbocycles. The van der Waals surface area contributed by atoms with E-state index in [2.05, 4.69) is 21.2 Å². The molecule has 1 N–H and O–H groups in total. The van der Waals surface area contributed by atoms with Gasteiger partial charge in [-0.2, -0.15) is 0 Å². The van der Waals surface area contributed by atoms with E-state index in [0.717, 1.165) is 15.8 Å². The van der Waals surface area contributed by atoms with Gasteiger partial charge in [-0.25, -0.2) is 0 Å². The molecule has 0 aliphatic heterocycles. The molecule has 6 heteroatoms. The van der Waals surface area contributed by atoms with Gasteiger partial charge in [0, 0.05) is 24.0 Å². The second-order valence-electron chi connectivity index (χ2n) is 8.23. The molecule has 2 aromatic rings. The molecule has 2 amide bonds. The van der Waals surface area contributed by atoms with Gasteiger partial charge in [0.1, 0.15) is 11.8 Å². The molecular weight excluding hydrogens is 456 g/mol. The van der Waals surface area contributed by atoms with Gasteiger partial charge in [-0.05, 0) is 56.0 Å². The molecule has 0 aromatic heterocycles. The van der Waals surface area contributed by atoms with Crippen molar-refractivity contribution in [3.63, 3.8) is 0 Å². The van der Waals surface area contributed by atoms with Crippen molar-refractivity contribution in [2.75, 3.05) is 13.2 Å². The van der Waals surface area contributed by atoms with E-state index in [0.29, 0.717) is 38.5 Å². The summed E-state index contributed by atoms with van der Waals surface area (Å²) < 4.78 is 6.69. The smallest absolute Gasteiger partial charge is 0.242 e. The van der Waals surface area contributed by atoms with Crippen LogP contribution in [0.15, 0.2) is 53.0 Å². The van der Waals surface area contributed by atoms with Crippen molar-refractivity contribution in [2.24, 2.45) is 5.92 Å². The number of ether oxygens (including phenoxy) is 1. The van der Waals surface area contributed by atoms with Gasteiger partial charge in [0.2, 0.25) is 11.8 Å². The van der Waals surface area contributed by atoms with Crippen LogP contribution in [0.2, 0.25) is 0 Å². The van der Waals surface area contributed by atoms with E-state index < -0.39 is 6.04 Å². The summed E-state index contributed by atoms with van der Waals surface area (Å²) in [5.41, 5.74) is 2.15. The Labute approximate surface area is 194 Å². The molecule has 31 heavy (non-hydrogen) atoms. The van der Waals surface area contributed by atoms with Crippen LogP contribution in [0.5, 0.6) is 5.75 Å². The summed E-state index contributed by atoms with van der Waals surface area (Å²) in [6, 6.07) is 15.1. The van der Waals surface area contributed by atoms with Crippen LogP contribution >= 0.6 is 15.9 Å². The van der Waals surface area contributed by atoms with Crippen LogP contribution in [0.4, 0.5) is 0 Å². The second-order valence-corrected chi connectivity index (χ2v) is 9.15. The molecule has 0 spiro atoms. The number of halogens is 1. The Kier molecular flexibility index (Phi) is 10.0. The molecule has 168 valence electrons. The molecule has 0 saturated carbocycles. The number of aryl methyl sites for hydroxylation is 1. The number of nitrogens with one attached hydrogen (secondary N) is 1. The zero-order valence-corrected chi connectivity index (χ0v) is 20.4. The highest BCUT2D eigenvalue weighted by atomic mass is 79.9. The number of nitrogens with zero attached hydrogens (tertiary/aromatic N) is 1. The third-order valence-electron chi connectivity index (χ3n) is 4.92. The van der Waals surface area contributed by atoms with Gasteiger partial charge >= 0.3 is 0 Å². The normalized spacial score (nSPS) is 11.8. The lowest BCUT2D eigenvalue weighted by molar-refractivity contribution is -0.140. The molecule has 0 unspecified atom stereocenters. The monoisotopic (exact) mass is 488 g/mol. The van der Waals surface area contributed by atoms with Crippen LogP contribution in [0, 0.1) is 12.8 Å². The van der Waals surface area contributed by atoms with E-state index in [1.165, 1.54) is 5.56 Å². The summed E-state index contributed by atoms with van der Waals surface area (Å²) in [5.74, 6) is 0.961. The summed E-state index contributed by atoms with van der Waals surface area (Å²) in [4.78, 5) is 27.4. The third-order valence-corrected chi connectivity index (χ3v) is 5.41. The Hall–Kier alpha value is -2.34. The first kappa shape index (κ1) is 24.9. The first-order valence-corrected chi connectivity index (χ1v) is 11.6. The third kappa shape index (κ3) is 8.74. The molecule has 1 atom stereocenters. The Balaban J connectivity index is 1.98. The number of hydrogen-bond acceptors (Lipinski definition) is 3. The molecule has 5 nitrogen and oxygen atoms in total. The lowest BCUT2D eigenvalue weighted by Crippen LogP contribution is -2.48. The number of amides is 2. The van der Waals surface area contributed by atoms with Crippen molar-refractivity contribution in [3.8, 4) is 5.75 Å². The highest BCUT2D eigenvalue weighted by Crippen LogP contribution is 2.17. The van der Waals surface area contributed by atoms with Crippen LogP contribution < -0.4 is 10.1 Å². The van der Waals surface area contributed by atoms with Crippen molar-refractivity contribution in [1.29, 1.82) is 0 Å². The Morgan fingerprint density at radius 3 is 2.45 bits per heavy atom. The highest BCUT2D eigenvalue weighted by Gasteiger charge is 2.25. The Morgan fingerprint density at radius 1 is 1.10 bits per heavy atom. The van der Waals surface area contributed by atoms with Crippen molar-refractivity contribution in [3.05, 3.63) is 64.1 Å². The zero-order chi connectivity index (χ0) is 22.8. The fourth-order valence-corrected chi connectivity index (χ4v) is 3.51. The maximum Gasteiger partial charge on any atom is 0.242 e. The Bertz CT molecular complexity index is 852. The van der Waals surface area contributed by atoms with Gasteiger partial charge in [-0.3, -0.25) is 9.59 Å². The van der Waals surface area contributed by atoms with Gasteiger partial charge in [-0.15, -0.1) is 0 Å². The molecule has 2 rings (SSSR count). The number of hydrogen-bond donors (Lipinski definition) is 1. The average molecular weight is 489 g/mol. The number of benzene rings is 2. The van der Waals surface area contributed by atoms with E-state index in [1.807, 2.05) is 69.3 Å². The molecule has 0 radical (unpaired) electrons. The summed E-state index contributed by atoms with van der Waals surface area (Å²) in [6.45, 7) is 9.33. The number of carbonyl (C=O) groups excluding carboxylic acids is 2. The van der Waals surface area contributed by atoms with E-state index in [9.17, 15) is 9.59 Å². The largest absolute Gasteiger partial charge is 0.494 e. The molecule has 0 bridgehead atoms. The second kappa shape index (κ2) is 12.5. The van der Waals surface area contributed by atoms with Gasteiger partial charge in [0.05, 0.1) is 6.61 Å². The van der Waals surface area contributed by atoms with E-state index in [-0.39, 0.29) is 11.8 Å². The zero-order valence-electron chi connectivity index (χ0n) is 18.9. The van der Waals surface area contributed by atoms with E-state index in [4.69, 9.17) is 4.74 Å². The van der Waals surface area contributed by atoms with Gasteiger partial charge < -0.3 is 15.0 Å². The van der Waals surface area contributed by atoms with Crippen LogP contribution in [0.25, 0.3) is 0 Å². The molecule has 2 aromatic carbocycles. The maximum absolute atomic E-state index is 13.1. The topological polar surface area (TPSA) is 58.6 Å². The molecular formula is C25H33BrN2O3. The minimum Gasteiger partial charge on any atom is -0.494 e. The van der Waals surface area contributed by atoms with E-state index in [1.54, 1.807) is 11.8 Å². The highest BCUT2D eigenvalue weighted by molar-refractivity contribution is 9.10. The van der Waals surface area contributed by atoms with Gasteiger partial charge in [0.15, 0.2) is 0 Å². The van der Waals surface area contributed by atoms with Crippen molar-refractivity contribution in [2.45, 2.75) is 53.1 Å². The van der Waals surface area contributed by atoms with Crippen LogP contribution in [-0.4, -0.2) is 35.9 Å². The summed E-state index contributed by atoms with van der Waals surface area (Å²) in [5, 5.41) is 2.94. The standard InChI is InChI=1S/C25H33BrN2O3/c1-18(2)16-27-25(30)20(4)28(17-21-7-5-8-22(26)15-21)24(29)9-6-14-31-23-12-10-19(3)11-13-23/h5,7-8,10-13,15,18,20H,6,9,14,16-17H2,1-4H3,(H,27,30)/t20-/m0/s1. The summed E-state index contributed by atoms with van der Waals surface area (Å²) >= 11 is 3.47. The predicted molar refractivity (Wildman–Crippen MR) is 128 cm³/mol. The fourth-order valence-electron chi connectivity index (χ4n) is 3.06. The molecule has 0 aliphatic rings. The van der Waals surface area contributed by atoms with Crippen molar-refractivity contribution < 1.29 is 14.3 Å². The minimum atomic E-state index is -0.553. The predicted octanol–water partition coefficient (Wildman–Crippen LogP) is 5.11. The van der Waals surface area contributed by atoms with Crippen LogP contribution in [0.1, 0.15) is 44.7 Å². The first-order chi connectivity index (χ1) is 14.8. The summed E-state index contributed by atoms with van der Waals surface area (Å²) in [6.07, 6.45) is 0.906. The van der Waals surface area contributed by atoms with Crippen LogP contribution in [-0.2, 0) is 16.1 Å². The summed E-state index contributed by atoms with van der Waals surface area (Å²) in [7, 11) is 0. The average Bonchev–Trinajstić information content (AvgIpc) is 2.74. The van der Waals surface area contributed by atoms with E-state index >= 15 is 0 Å². The quantitative estimate of drug-likeness (QED) is 0.447. The first-order valence-electron chi connectivity index (χ1n) is 10.8. The lowest BCUT2D eigenvalue weighted by Gasteiger charge is -2.29. The lowest BCUT2D eigenvalue weighted by atomic mass is 10.1. The molecule has 0 saturated heterocycles. The maximum atomic E-state index is 13.1. The molecule has 0 heterocycles. The van der Waals surface area contributed by atoms with Gasteiger partial charge in [0.25, 0.3) is 0 Å². The minimum absolute atomic E-state index is 0.0559. The van der Waals surface area contributed by atoms with Crippen molar-refractivity contribution in [1.82, 2.24) is 10.2 Å². The van der Waals surface area contributed by atoms with Crippen LogP contribution in [0.3, 0.4) is 0 Å². The number of carbonyl (C=O) groups is 2. The van der Waals surface area contributed by atoms with Crippen molar-refractivity contribution >= 4 is 27.7 Å².